The lowest BCUT2D eigenvalue weighted by atomic mass is 10.2. The number of nitrogens with zero attached hydrogens (tertiary/aromatic N) is 1. The van der Waals surface area contributed by atoms with Gasteiger partial charge in [0.25, 0.3) is 0 Å². The second-order valence-corrected chi connectivity index (χ2v) is 5.60. The Hall–Kier alpha value is -3.48. The highest BCUT2D eigenvalue weighted by molar-refractivity contribution is 5.80. The summed E-state index contributed by atoms with van der Waals surface area (Å²) in [6.07, 6.45) is 0.692. The van der Waals surface area contributed by atoms with Crippen molar-refractivity contribution in [3.63, 3.8) is 0 Å². The summed E-state index contributed by atoms with van der Waals surface area (Å²) >= 11 is 0. The topological polar surface area (TPSA) is 78.2 Å². The molecule has 0 aliphatic rings. The van der Waals surface area contributed by atoms with Gasteiger partial charge >= 0.3 is 6.09 Å². The Balaban J connectivity index is 1.94. The summed E-state index contributed by atoms with van der Waals surface area (Å²) in [4.78, 5) is 25.5. The average Bonchev–Trinajstić information content (AvgIpc) is 2.64. The van der Waals surface area contributed by atoms with Crippen molar-refractivity contribution in [3.8, 4) is 23.0 Å². The summed E-state index contributed by atoms with van der Waals surface area (Å²) in [5.74, 6) is 1.20. The van der Waals surface area contributed by atoms with E-state index in [0.29, 0.717) is 16.9 Å². The first-order valence-corrected chi connectivity index (χ1v) is 7.75. The predicted octanol–water partition coefficient (Wildman–Crippen LogP) is 3.65. The molecule has 0 atom stereocenters. The monoisotopic (exact) mass is 355 g/mol. The highest BCUT2D eigenvalue weighted by Crippen LogP contribution is 2.30. The smallest absolute Gasteiger partial charge is 0.414 e. The van der Waals surface area contributed by atoms with Crippen molar-refractivity contribution in [1.29, 1.82) is 0 Å². The molecule has 7 nitrogen and oxygen atoms in total. The third-order valence-electron chi connectivity index (χ3n) is 3.57. The number of benzene rings is 2. The first kappa shape index (κ1) is 17.3. The van der Waals surface area contributed by atoms with Crippen molar-refractivity contribution in [2.24, 2.45) is 0 Å². The molecule has 134 valence electrons. The maximum absolute atomic E-state index is 12.6. The Bertz CT molecular complexity index is 1010. The van der Waals surface area contributed by atoms with Gasteiger partial charge in [0.1, 0.15) is 17.6 Å². The Morgan fingerprint density at radius 2 is 1.77 bits per heavy atom. The molecule has 0 aliphatic carbocycles. The van der Waals surface area contributed by atoms with Gasteiger partial charge in [-0.15, -0.1) is 0 Å². The Morgan fingerprint density at radius 3 is 2.46 bits per heavy atom. The molecular formula is C19H17NO6. The van der Waals surface area contributed by atoms with Crippen molar-refractivity contribution < 1.29 is 23.4 Å². The van der Waals surface area contributed by atoms with Gasteiger partial charge in [0.2, 0.25) is 11.2 Å². The summed E-state index contributed by atoms with van der Waals surface area (Å²) in [6.45, 7) is 0. The van der Waals surface area contributed by atoms with Crippen LogP contribution in [0.3, 0.4) is 0 Å². The van der Waals surface area contributed by atoms with Gasteiger partial charge in [0.15, 0.2) is 11.5 Å². The maximum Gasteiger partial charge on any atom is 0.414 e. The van der Waals surface area contributed by atoms with Crippen LogP contribution in [0, 0.1) is 0 Å². The molecule has 0 spiro atoms. The number of amides is 1. The Kier molecular flexibility index (Phi) is 4.79. The van der Waals surface area contributed by atoms with E-state index in [4.69, 9.17) is 18.6 Å². The van der Waals surface area contributed by atoms with Crippen LogP contribution in [0.25, 0.3) is 11.0 Å². The summed E-state index contributed by atoms with van der Waals surface area (Å²) in [5, 5.41) is 0.307. The second-order valence-electron chi connectivity index (χ2n) is 5.60. The molecular weight excluding hydrogens is 338 g/mol. The molecule has 0 unspecified atom stereocenters. The average molecular weight is 355 g/mol. The van der Waals surface area contributed by atoms with Crippen molar-refractivity contribution in [2.45, 2.75) is 0 Å². The largest absolute Gasteiger partial charge is 0.493 e. The molecule has 3 aromatic rings. The number of para-hydroxylation sites is 2. The van der Waals surface area contributed by atoms with E-state index in [1.165, 1.54) is 36.5 Å². The molecule has 0 fully saturated rings. The van der Waals surface area contributed by atoms with E-state index in [0.717, 1.165) is 0 Å². The van der Waals surface area contributed by atoms with Crippen molar-refractivity contribution in [1.82, 2.24) is 4.90 Å². The van der Waals surface area contributed by atoms with Crippen molar-refractivity contribution in [3.05, 3.63) is 59.0 Å². The number of hydrogen-bond acceptors (Lipinski definition) is 6. The SMILES string of the molecule is COc1ccccc1Oc1coc2cc(OC(=O)N(C)C)ccc2c1=O. The van der Waals surface area contributed by atoms with Gasteiger partial charge in [-0.25, -0.2) is 4.79 Å². The molecule has 0 saturated heterocycles. The molecule has 1 aromatic heterocycles. The fraction of sp³-hybridized carbons (Fsp3) is 0.158. The Morgan fingerprint density at radius 1 is 1.04 bits per heavy atom. The number of rotatable bonds is 4. The first-order valence-electron chi connectivity index (χ1n) is 7.75. The minimum absolute atomic E-state index is 0.0278. The minimum Gasteiger partial charge on any atom is -0.493 e. The van der Waals surface area contributed by atoms with E-state index in [1.807, 2.05) is 0 Å². The molecule has 1 amide bonds. The lowest BCUT2D eigenvalue weighted by Gasteiger charge is -2.11. The number of carbonyl (C=O) groups is 1. The van der Waals surface area contributed by atoms with Crippen LogP contribution in [0.15, 0.2) is 57.9 Å². The van der Waals surface area contributed by atoms with Gasteiger partial charge in [0, 0.05) is 20.2 Å². The quantitative estimate of drug-likeness (QED) is 0.711. The predicted molar refractivity (Wildman–Crippen MR) is 95.3 cm³/mol. The van der Waals surface area contributed by atoms with Crippen molar-refractivity contribution >= 4 is 17.1 Å². The fourth-order valence-electron chi connectivity index (χ4n) is 2.24. The summed E-state index contributed by atoms with van der Waals surface area (Å²) in [5.41, 5.74) is -0.0610. The maximum atomic E-state index is 12.6. The van der Waals surface area contributed by atoms with E-state index in [2.05, 4.69) is 0 Å². The number of methoxy groups -OCH3 is 1. The lowest BCUT2D eigenvalue weighted by Crippen LogP contribution is -2.25. The number of fused-ring (bicyclic) bond motifs is 1. The van der Waals surface area contributed by atoms with Gasteiger partial charge in [0.05, 0.1) is 12.5 Å². The van der Waals surface area contributed by atoms with E-state index in [-0.39, 0.29) is 22.5 Å². The molecule has 0 radical (unpaired) electrons. The molecule has 7 heteroatoms. The number of hydrogen-bond donors (Lipinski definition) is 0. The van der Waals surface area contributed by atoms with Gasteiger partial charge in [-0.2, -0.15) is 0 Å². The second kappa shape index (κ2) is 7.18. The van der Waals surface area contributed by atoms with E-state index >= 15 is 0 Å². The standard InChI is InChI=1S/C19H17NO6/c1-20(2)19(22)25-12-8-9-13-16(10-12)24-11-17(18(13)21)26-15-7-5-4-6-14(15)23-3/h4-11H,1-3H3. The fourth-order valence-corrected chi connectivity index (χ4v) is 2.24. The molecule has 26 heavy (non-hydrogen) atoms. The highest BCUT2D eigenvalue weighted by atomic mass is 16.6. The summed E-state index contributed by atoms with van der Waals surface area (Å²) in [6, 6.07) is 11.5. The number of carbonyl (C=O) groups excluding carboxylic acids is 1. The van der Waals surface area contributed by atoms with Gasteiger partial charge in [-0.05, 0) is 24.3 Å². The van der Waals surface area contributed by atoms with E-state index in [9.17, 15) is 9.59 Å². The molecule has 1 heterocycles. The number of ether oxygens (including phenoxy) is 3. The third kappa shape index (κ3) is 3.46. The molecule has 2 aromatic carbocycles. The lowest BCUT2D eigenvalue weighted by molar-refractivity contribution is 0.172. The van der Waals surface area contributed by atoms with Crippen LogP contribution in [0.2, 0.25) is 0 Å². The zero-order valence-electron chi connectivity index (χ0n) is 14.5. The highest BCUT2D eigenvalue weighted by Gasteiger charge is 2.13. The molecule has 0 saturated carbocycles. The van der Waals surface area contributed by atoms with Crippen LogP contribution in [-0.2, 0) is 0 Å². The molecule has 0 aliphatic heterocycles. The van der Waals surface area contributed by atoms with Crippen LogP contribution in [0.5, 0.6) is 23.0 Å². The van der Waals surface area contributed by atoms with Gasteiger partial charge in [-0.3, -0.25) is 4.79 Å². The minimum atomic E-state index is -0.525. The van der Waals surface area contributed by atoms with E-state index in [1.54, 1.807) is 38.4 Å². The van der Waals surface area contributed by atoms with Crippen molar-refractivity contribution in [2.75, 3.05) is 21.2 Å². The Labute approximate surface area is 149 Å². The zero-order valence-corrected chi connectivity index (χ0v) is 14.5. The molecule has 0 N–H and O–H groups in total. The van der Waals surface area contributed by atoms with Crippen LogP contribution in [-0.4, -0.2) is 32.2 Å². The zero-order chi connectivity index (χ0) is 18.7. The molecule has 3 rings (SSSR count). The molecule has 0 bridgehead atoms. The third-order valence-corrected chi connectivity index (χ3v) is 3.57. The first-order chi connectivity index (χ1) is 12.5. The summed E-state index contributed by atoms with van der Waals surface area (Å²) < 4.78 is 21.5. The van der Waals surface area contributed by atoms with Crippen LogP contribution in [0.4, 0.5) is 4.79 Å². The van der Waals surface area contributed by atoms with Gasteiger partial charge < -0.3 is 23.5 Å². The van der Waals surface area contributed by atoms with Crippen LogP contribution in [0.1, 0.15) is 0 Å². The normalized spacial score (nSPS) is 10.4. The van der Waals surface area contributed by atoms with Crippen LogP contribution < -0.4 is 19.6 Å². The van der Waals surface area contributed by atoms with E-state index < -0.39 is 6.09 Å². The summed E-state index contributed by atoms with van der Waals surface area (Å²) in [7, 11) is 4.66. The van der Waals surface area contributed by atoms with Gasteiger partial charge in [-0.1, -0.05) is 12.1 Å². The van der Waals surface area contributed by atoms with Crippen LogP contribution >= 0.6 is 0 Å².